The molecule has 11 heteroatoms. The summed E-state index contributed by atoms with van der Waals surface area (Å²) >= 11 is 1.25. The minimum atomic E-state index is -1.08. The third-order valence-electron chi connectivity index (χ3n) is 4.38. The monoisotopic (exact) mass is 469 g/mol. The number of carboxylic acid groups (broad SMARTS) is 1. The predicted molar refractivity (Wildman–Crippen MR) is 124 cm³/mol. The Morgan fingerprint density at radius 3 is 2.64 bits per heavy atom. The normalized spacial score (nSPS) is 10.8. The number of carboxylic acids is 1. The smallest absolute Gasteiger partial charge is 0.341 e. The minimum absolute atomic E-state index is 0.0925. The Morgan fingerprint density at radius 2 is 1.94 bits per heavy atom. The first kappa shape index (κ1) is 23.8. The Hall–Kier alpha value is -3.86. The Morgan fingerprint density at radius 1 is 1.18 bits per heavy atom. The maximum Gasteiger partial charge on any atom is 0.341 e. The number of benzene rings is 2. The van der Waals surface area contributed by atoms with Gasteiger partial charge in [0.1, 0.15) is 11.5 Å². The largest absolute Gasteiger partial charge is 0.497 e. The number of rotatable bonds is 11. The summed E-state index contributed by atoms with van der Waals surface area (Å²) < 4.78 is 12.3. The van der Waals surface area contributed by atoms with E-state index in [1.165, 1.54) is 18.0 Å². The fourth-order valence-electron chi connectivity index (χ4n) is 2.83. The van der Waals surface area contributed by atoms with Crippen LogP contribution in [0.25, 0.3) is 11.4 Å². The van der Waals surface area contributed by atoms with Crippen molar-refractivity contribution in [1.82, 2.24) is 20.2 Å². The van der Waals surface area contributed by atoms with Crippen molar-refractivity contribution in [2.75, 3.05) is 19.5 Å². The number of aliphatic carboxylic acids is 1. The van der Waals surface area contributed by atoms with Gasteiger partial charge in [0.15, 0.2) is 17.6 Å². The van der Waals surface area contributed by atoms with E-state index < -0.39 is 12.6 Å². The first-order valence-electron chi connectivity index (χ1n) is 9.97. The van der Waals surface area contributed by atoms with E-state index in [9.17, 15) is 9.59 Å². The van der Waals surface area contributed by atoms with E-state index in [1.54, 1.807) is 31.4 Å². The fourth-order valence-corrected chi connectivity index (χ4v) is 3.62. The third-order valence-corrected chi connectivity index (χ3v) is 5.34. The van der Waals surface area contributed by atoms with E-state index >= 15 is 0 Å². The average Bonchev–Trinajstić information content (AvgIpc) is 3.25. The number of nitrogens with zero attached hydrogens (tertiary/aromatic N) is 4. The molecule has 10 nitrogen and oxygen atoms in total. The molecule has 172 valence electrons. The molecule has 0 spiro atoms. The Labute approximate surface area is 194 Å². The Kier molecular flexibility index (Phi) is 8.42. The molecule has 1 heterocycles. The van der Waals surface area contributed by atoms with Crippen LogP contribution in [0.2, 0.25) is 0 Å². The second kappa shape index (κ2) is 11.7. The number of para-hydroxylation sites is 1. The number of aromatic nitrogens is 3. The van der Waals surface area contributed by atoms with Crippen LogP contribution < -0.4 is 14.9 Å². The molecule has 0 aliphatic heterocycles. The van der Waals surface area contributed by atoms with Gasteiger partial charge in [-0.1, -0.05) is 23.9 Å². The molecule has 3 rings (SSSR count). The number of hydrazone groups is 1. The van der Waals surface area contributed by atoms with Crippen molar-refractivity contribution >= 4 is 29.9 Å². The molecule has 2 aromatic carbocycles. The van der Waals surface area contributed by atoms with E-state index in [0.29, 0.717) is 28.8 Å². The van der Waals surface area contributed by atoms with E-state index in [1.807, 2.05) is 35.8 Å². The van der Waals surface area contributed by atoms with Crippen molar-refractivity contribution in [1.29, 1.82) is 0 Å². The maximum atomic E-state index is 12.2. The number of nitrogens with one attached hydrogen (secondary N) is 1. The van der Waals surface area contributed by atoms with Gasteiger partial charge in [0.2, 0.25) is 0 Å². The second-order valence-corrected chi connectivity index (χ2v) is 7.52. The topological polar surface area (TPSA) is 128 Å². The van der Waals surface area contributed by atoms with Crippen LogP contribution in [-0.4, -0.2) is 57.4 Å². The van der Waals surface area contributed by atoms with Crippen LogP contribution in [0.3, 0.4) is 0 Å². The first-order chi connectivity index (χ1) is 16.0. The summed E-state index contributed by atoms with van der Waals surface area (Å²) in [6.45, 7) is 2.16. The Balaban J connectivity index is 1.58. The van der Waals surface area contributed by atoms with Crippen molar-refractivity contribution in [2.45, 2.75) is 18.6 Å². The first-order valence-corrected chi connectivity index (χ1v) is 11.0. The van der Waals surface area contributed by atoms with Gasteiger partial charge >= 0.3 is 5.97 Å². The van der Waals surface area contributed by atoms with Gasteiger partial charge in [0.25, 0.3) is 5.91 Å². The highest BCUT2D eigenvalue weighted by Crippen LogP contribution is 2.25. The van der Waals surface area contributed by atoms with Crippen LogP contribution in [0.15, 0.2) is 58.8 Å². The van der Waals surface area contributed by atoms with Gasteiger partial charge in [0.05, 0.1) is 19.1 Å². The number of carbonyl (C=O) groups excluding carboxylic acids is 1. The van der Waals surface area contributed by atoms with E-state index in [2.05, 4.69) is 20.7 Å². The summed E-state index contributed by atoms with van der Waals surface area (Å²) in [5, 5.41) is 21.8. The van der Waals surface area contributed by atoms with E-state index in [4.69, 9.17) is 14.6 Å². The van der Waals surface area contributed by atoms with Crippen LogP contribution in [0, 0.1) is 0 Å². The summed E-state index contributed by atoms with van der Waals surface area (Å²) in [7, 11) is 1.61. The van der Waals surface area contributed by atoms with Crippen molar-refractivity contribution in [3.05, 3.63) is 54.1 Å². The van der Waals surface area contributed by atoms with Crippen molar-refractivity contribution in [2.24, 2.45) is 5.10 Å². The number of ether oxygens (including phenoxy) is 2. The lowest BCUT2D eigenvalue weighted by Gasteiger charge is -2.08. The maximum absolute atomic E-state index is 12.2. The molecule has 0 fully saturated rings. The van der Waals surface area contributed by atoms with Gasteiger partial charge in [-0.15, -0.1) is 10.2 Å². The zero-order valence-electron chi connectivity index (χ0n) is 18.1. The third kappa shape index (κ3) is 6.56. The molecule has 0 radical (unpaired) electrons. The van der Waals surface area contributed by atoms with Crippen LogP contribution >= 0.6 is 11.8 Å². The summed E-state index contributed by atoms with van der Waals surface area (Å²) in [4.78, 5) is 22.9. The van der Waals surface area contributed by atoms with Crippen molar-refractivity contribution in [3.63, 3.8) is 0 Å². The molecule has 3 aromatic rings. The number of carbonyl (C=O) groups is 2. The lowest BCUT2D eigenvalue weighted by Crippen LogP contribution is -2.20. The van der Waals surface area contributed by atoms with Crippen LogP contribution in [0.1, 0.15) is 12.5 Å². The van der Waals surface area contributed by atoms with Crippen molar-refractivity contribution < 1.29 is 24.2 Å². The molecule has 0 bridgehead atoms. The van der Waals surface area contributed by atoms with Gasteiger partial charge in [-0.2, -0.15) is 5.10 Å². The van der Waals surface area contributed by atoms with Gasteiger partial charge < -0.3 is 19.1 Å². The molecule has 1 aromatic heterocycles. The number of methoxy groups -OCH3 is 1. The van der Waals surface area contributed by atoms with Crippen LogP contribution in [0.5, 0.6) is 11.5 Å². The fraction of sp³-hybridized carbons (Fsp3) is 0.227. The highest BCUT2D eigenvalue weighted by Gasteiger charge is 2.14. The van der Waals surface area contributed by atoms with Crippen molar-refractivity contribution in [3.8, 4) is 22.9 Å². The highest BCUT2D eigenvalue weighted by atomic mass is 32.2. The lowest BCUT2D eigenvalue weighted by atomic mass is 10.2. The predicted octanol–water partition coefficient (Wildman–Crippen LogP) is 2.68. The average molecular weight is 470 g/mol. The SMILES string of the molecule is CCn1c(SCC(=O)N/N=C\c2ccccc2OCC(=O)O)nnc1-c1ccc(OC)cc1. The van der Waals surface area contributed by atoms with Crippen LogP contribution in [0.4, 0.5) is 0 Å². The molecule has 0 unspecified atom stereocenters. The molecule has 0 aliphatic rings. The van der Waals surface area contributed by atoms with Crippen LogP contribution in [-0.2, 0) is 16.1 Å². The molecule has 0 atom stereocenters. The zero-order valence-corrected chi connectivity index (χ0v) is 18.9. The molecule has 0 saturated heterocycles. The molecule has 0 aliphatic carbocycles. The van der Waals surface area contributed by atoms with Gasteiger partial charge in [0, 0.05) is 17.7 Å². The van der Waals surface area contributed by atoms with E-state index in [-0.39, 0.29) is 11.7 Å². The summed E-state index contributed by atoms with van der Waals surface area (Å²) in [6.07, 6.45) is 1.40. The molecular weight excluding hydrogens is 446 g/mol. The minimum Gasteiger partial charge on any atom is -0.497 e. The zero-order chi connectivity index (χ0) is 23.6. The second-order valence-electron chi connectivity index (χ2n) is 6.58. The molecule has 2 N–H and O–H groups in total. The number of hydrogen-bond acceptors (Lipinski definition) is 8. The summed E-state index contributed by atoms with van der Waals surface area (Å²) in [5.74, 6) is 0.506. The molecule has 0 saturated carbocycles. The summed E-state index contributed by atoms with van der Waals surface area (Å²) in [6, 6.07) is 14.3. The highest BCUT2D eigenvalue weighted by molar-refractivity contribution is 7.99. The summed E-state index contributed by atoms with van der Waals surface area (Å²) in [5.41, 5.74) is 3.89. The molecular formula is C22H23N5O5S. The number of amides is 1. The standard InChI is InChI=1S/C22H23N5O5S/c1-3-27-21(15-8-10-17(31-2)11-9-15)25-26-22(27)33-14-19(28)24-23-12-16-6-4-5-7-18(16)32-13-20(29)30/h4-12H,3,13-14H2,1-2H3,(H,24,28)(H,29,30)/b23-12-. The van der Waals surface area contributed by atoms with Gasteiger partial charge in [-0.3, -0.25) is 4.79 Å². The Bertz CT molecular complexity index is 1130. The van der Waals surface area contributed by atoms with Gasteiger partial charge in [-0.25, -0.2) is 10.2 Å². The number of thioether (sulfide) groups is 1. The van der Waals surface area contributed by atoms with E-state index in [0.717, 1.165) is 11.3 Å². The van der Waals surface area contributed by atoms with Gasteiger partial charge in [-0.05, 0) is 43.3 Å². The quantitative estimate of drug-likeness (QED) is 0.249. The number of hydrogen-bond donors (Lipinski definition) is 2. The molecule has 1 amide bonds. The molecule has 33 heavy (non-hydrogen) atoms. The lowest BCUT2D eigenvalue weighted by molar-refractivity contribution is -0.139.